The van der Waals surface area contributed by atoms with Gasteiger partial charge in [0, 0.05) is 23.7 Å². The van der Waals surface area contributed by atoms with Crippen molar-refractivity contribution in [2.75, 3.05) is 26.3 Å². The first-order valence-corrected chi connectivity index (χ1v) is 11.0. The summed E-state index contributed by atoms with van der Waals surface area (Å²) in [6.45, 7) is 6.45. The lowest BCUT2D eigenvalue weighted by Gasteiger charge is -2.44. The average molecular weight is 405 g/mol. The number of hydrogen-bond acceptors (Lipinski definition) is 2. The zero-order chi connectivity index (χ0) is 20.1. The summed E-state index contributed by atoms with van der Waals surface area (Å²) < 4.78 is 0. The van der Waals surface area contributed by atoms with Crippen LogP contribution >= 0.6 is 11.6 Å². The quantitative estimate of drug-likeness (QED) is 0.445. The lowest BCUT2D eigenvalue weighted by atomic mass is 9.75. The first-order valence-electron chi connectivity index (χ1n) is 10.6. The summed E-state index contributed by atoms with van der Waals surface area (Å²) >= 11 is 6.87. The molecule has 0 aliphatic carbocycles. The maximum absolute atomic E-state index is 6.87. The molecule has 0 radical (unpaired) electrons. The Kier molecular flexibility index (Phi) is 6.34. The van der Waals surface area contributed by atoms with Gasteiger partial charge in [-0.1, -0.05) is 104 Å². The van der Waals surface area contributed by atoms with Crippen molar-refractivity contribution in [3.63, 3.8) is 0 Å². The summed E-state index contributed by atoms with van der Waals surface area (Å²) in [6, 6.07) is 30.0. The largest absolute Gasteiger partial charge is 0.289 e. The van der Waals surface area contributed by atoms with E-state index in [1.807, 2.05) is 12.1 Å². The SMILES string of the molecule is CCCCN1CCN(C(c2ccccc2)(c2ccccc2)c2ccccc2Cl)C1. The number of hydrogen-bond donors (Lipinski definition) is 0. The highest BCUT2D eigenvalue weighted by Crippen LogP contribution is 2.45. The third kappa shape index (κ3) is 3.85. The maximum Gasteiger partial charge on any atom is 0.0998 e. The van der Waals surface area contributed by atoms with Gasteiger partial charge in [0.15, 0.2) is 0 Å². The lowest BCUT2D eigenvalue weighted by Crippen LogP contribution is -2.48. The Balaban J connectivity index is 1.92. The molecule has 1 heterocycles. The van der Waals surface area contributed by atoms with Gasteiger partial charge in [0.25, 0.3) is 0 Å². The van der Waals surface area contributed by atoms with Crippen molar-refractivity contribution in [3.05, 3.63) is 107 Å². The Morgan fingerprint density at radius 2 is 1.38 bits per heavy atom. The van der Waals surface area contributed by atoms with Crippen LogP contribution < -0.4 is 0 Å². The van der Waals surface area contributed by atoms with Gasteiger partial charge in [-0.3, -0.25) is 9.80 Å². The van der Waals surface area contributed by atoms with Crippen molar-refractivity contribution in [1.82, 2.24) is 9.80 Å². The van der Waals surface area contributed by atoms with Gasteiger partial charge in [-0.15, -0.1) is 0 Å². The van der Waals surface area contributed by atoms with E-state index in [9.17, 15) is 0 Å². The van der Waals surface area contributed by atoms with Gasteiger partial charge in [-0.25, -0.2) is 0 Å². The second kappa shape index (κ2) is 9.13. The Morgan fingerprint density at radius 1 is 0.793 bits per heavy atom. The molecule has 0 atom stereocenters. The Bertz CT molecular complexity index is 871. The van der Waals surface area contributed by atoms with Crippen LogP contribution in [0, 0.1) is 0 Å². The molecule has 0 unspecified atom stereocenters. The molecule has 1 fully saturated rings. The Morgan fingerprint density at radius 3 is 1.97 bits per heavy atom. The number of halogens is 1. The summed E-state index contributed by atoms with van der Waals surface area (Å²) in [5, 5.41) is 0.812. The smallest absolute Gasteiger partial charge is 0.0998 e. The van der Waals surface area contributed by atoms with Gasteiger partial charge in [-0.2, -0.15) is 0 Å². The van der Waals surface area contributed by atoms with Crippen LogP contribution in [0.3, 0.4) is 0 Å². The van der Waals surface area contributed by atoms with Crippen LogP contribution in [0.25, 0.3) is 0 Å². The fraction of sp³-hybridized carbons (Fsp3) is 0.308. The molecule has 3 heteroatoms. The van der Waals surface area contributed by atoms with E-state index < -0.39 is 5.54 Å². The van der Waals surface area contributed by atoms with E-state index in [2.05, 4.69) is 89.5 Å². The highest BCUT2D eigenvalue weighted by Gasteiger charge is 2.45. The molecule has 1 aliphatic heterocycles. The molecule has 29 heavy (non-hydrogen) atoms. The molecule has 0 bridgehead atoms. The number of benzene rings is 3. The highest BCUT2D eigenvalue weighted by atomic mass is 35.5. The second-order valence-electron chi connectivity index (χ2n) is 7.80. The van der Waals surface area contributed by atoms with Gasteiger partial charge in [-0.05, 0) is 30.2 Å². The van der Waals surface area contributed by atoms with Crippen LogP contribution in [0.1, 0.15) is 36.5 Å². The second-order valence-corrected chi connectivity index (χ2v) is 8.21. The molecular weight excluding hydrogens is 376 g/mol. The minimum atomic E-state index is -0.415. The van der Waals surface area contributed by atoms with Crippen LogP contribution in [0.15, 0.2) is 84.9 Å². The zero-order valence-corrected chi connectivity index (χ0v) is 17.9. The summed E-state index contributed by atoms with van der Waals surface area (Å²) in [7, 11) is 0. The molecular formula is C26H29ClN2. The Labute approximate surface area is 179 Å². The van der Waals surface area contributed by atoms with E-state index in [1.165, 1.54) is 24.0 Å². The molecule has 150 valence electrons. The highest BCUT2D eigenvalue weighted by molar-refractivity contribution is 6.31. The average Bonchev–Trinajstić information content (AvgIpc) is 3.25. The minimum absolute atomic E-state index is 0.415. The van der Waals surface area contributed by atoms with Crippen molar-refractivity contribution in [3.8, 4) is 0 Å². The normalized spacial score (nSPS) is 15.7. The van der Waals surface area contributed by atoms with Crippen LogP contribution in [0.2, 0.25) is 5.02 Å². The number of unbranched alkanes of at least 4 members (excludes halogenated alkanes) is 1. The lowest BCUT2D eigenvalue weighted by molar-refractivity contribution is 0.157. The number of rotatable bonds is 7. The predicted octanol–water partition coefficient (Wildman–Crippen LogP) is 6.01. The molecule has 0 saturated carbocycles. The summed E-state index contributed by atoms with van der Waals surface area (Å²) in [6.07, 6.45) is 2.47. The molecule has 0 aromatic heterocycles. The third-order valence-corrected chi connectivity index (χ3v) is 6.34. The molecule has 4 rings (SSSR count). The van der Waals surface area contributed by atoms with Crippen LogP contribution in [0.4, 0.5) is 0 Å². The molecule has 0 amide bonds. The van der Waals surface area contributed by atoms with Gasteiger partial charge >= 0.3 is 0 Å². The van der Waals surface area contributed by atoms with Crippen molar-refractivity contribution < 1.29 is 0 Å². The summed E-state index contributed by atoms with van der Waals surface area (Å²) in [5.41, 5.74) is 3.26. The van der Waals surface area contributed by atoms with Gasteiger partial charge in [0.05, 0.1) is 12.2 Å². The predicted molar refractivity (Wildman–Crippen MR) is 122 cm³/mol. The van der Waals surface area contributed by atoms with E-state index in [-0.39, 0.29) is 0 Å². The van der Waals surface area contributed by atoms with Gasteiger partial charge in [0.2, 0.25) is 0 Å². The third-order valence-electron chi connectivity index (χ3n) is 6.01. The standard InChI is InChI=1S/C26H29ClN2/c1-2-3-18-28-19-20-29(21-28)26(22-12-6-4-7-13-22,23-14-8-5-9-15-23)24-16-10-11-17-25(24)27/h4-17H,2-3,18-21H2,1H3. The topological polar surface area (TPSA) is 6.48 Å². The van der Waals surface area contributed by atoms with Crippen LogP contribution in [-0.4, -0.2) is 36.1 Å². The Hall–Kier alpha value is -2.13. The molecule has 3 aromatic carbocycles. The van der Waals surface area contributed by atoms with Crippen molar-refractivity contribution in [1.29, 1.82) is 0 Å². The monoisotopic (exact) mass is 404 g/mol. The maximum atomic E-state index is 6.87. The van der Waals surface area contributed by atoms with E-state index in [0.29, 0.717) is 0 Å². The fourth-order valence-electron chi connectivity index (χ4n) is 4.61. The van der Waals surface area contributed by atoms with Gasteiger partial charge < -0.3 is 0 Å². The van der Waals surface area contributed by atoms with Crippen molar-refractivity contribution >= 4 is 11.6 Å². The van der Waals surface area contributed by atoms with E-state index in [4.69, 9.17) is 11.6 Å². The molecule has 1 saturated heterocycles. The molecule has 0 spiro atoms. The molecule has 3 aromatic rings. The summed E-state index contributed by atoms with van der Waals surface area (Å²) in [5.74, 6) is 0. The van der Waals surface area contributed by atoms with E-state index in [0.717, 1.165) is 36.9 Å². The van der Waals surface area contributed by atoms with Crippen LogP contribution in [-0.2, 0) is 5.54 Å². The zero-order valence-electron chi connectivity index (χ0n) is 17.1. The van der Waals surface area contributed by atoms with Gasteiger partial charge in [0.1, 0.15) is 0 Å². The minimum Gasteiger partial charge on any atom is -0.289 e. The first kappa shape index (κ1) is 20.2. The first-order chi connectivity index (χ1) is 14.3. The number of nitrogens with zero attached hydrogens (tertiary/aromatic N) is 2. The van der Waals surface area contributed by atoms with Crippen LogP contribution in [0.5, 0.6) is 0 Å². The fourth-order valence-corrected chi connectivity index (χ4v) is 4.88. The van der Waals surface area contributed by atoms with E-state index in [1.54, 1.807) is 0 Å². The van der Waals surface area contributed by atoms with Crippen molar-refractivity contribution in [2.24, 2.45) is 0 Å². The van der Waals surface area contributed by atoms with Crippen molar-refractivity contribution in [2.45, 2.75) is 25.3 Å². The van der Waals surface area contributed by atoms with E-state index >= 15 is 0 Å². The molecule has 0 N–H and O–H groups in total. The summed E-state index contributed by atoms with van der Waals surface area (Å²) in [4.78, 5) is 5.18. The molecule has 2 nitrogen and oxygen atoms in total. The molecule has 1 aliphatic rings.